The third-order valence-corrected chi connectivity index (χ3v) is 5.81. The molecule has 1 atom stereocenters. The van der Waals surface area contributed by atoms with E-state index in [9.17, 15) is 19.6 Å². The van der Waals surface area contributed by atoms with Gasteiger partial charge in [0.2, 0.25) is 11.8 Å². The zero-order chi connectivity index (χ0) is 23.7. The summed E-state index contributed by atoms with van der Waals surface area (Å²) in [6.07, 6.45) is 1.63. The third-order valence-electron chi connectivity index (χ3n) is 5.81. The molecule has 0 aliphatic carbocycles. The molecular formula is C26H22N4O3. The molecule has 3 aromatic rings. The van der Waals surface area contributed by atoms with E-state index in [-0.39, 0.29) is 24.1 Å². The molecule has 0 unspecified atom stereocenters. The number of nitrogens with zero attached hydrogens (tertiary/aromatic N) is 3. The van der Waals surface area contributed by atoms with E-state index >= 15 is 0 Å². The molecule has 0 radical (unpaired) electrons. The van der Waals surface area contributed by atoms with E-state index in [4.69, 9.17) is 0 Å². The van der Waals surface area contributed by atoms with Crippen molar-refractivity contribution in [1.82, 2.24) is 4.98 Å². The Bertz CT molecular complexity index is 1320. The van der Waals surface area contributed by atoms with Crippen molar-refractivity contribution in [3.8, 4) is 17.2 Å². The van der Waals surface area contributed by atoms with E-state index in [1.54, 1.807) is 62.5 Å². The molecular weight excluding hydrogens is 416 g/mol. The lowest BCUT2D eigenvalue weighted by molar-refractivity contribution is -0.122. The van der Waals surface area contributed by atoms with E-state index in [0.717, 1.165) is 5.56 Å². The lowest BCUT2D eigenvalue weighted by Gasteiger charge is -2.25. The molecule has 2 amide bonds. The van der Waals surface area contributed by atoms with Crippen LogP contribution in [0.2, 0.25) is 0 Å². The van der Waals surface area contributed by atoms with Crippen LogP contribution in [0.4, 0.5) is 11.4 Å². The molecule has 0 bridgehead atoms. The molecule has 0 saturated carbocycles. The van der Waals surface area contributed by atoms with Crippen LogP contribution >= 0.6 is 0 Å². The predicted octanol–water partition coefficient (Wildman–Crippen LogP) is 4.22. The Balaban J connectivity index is 1.72. The highest BCUT2D eigenvalue weighted by molar-refractivity contribution is 6.09. The number of benzene rings is 2. The number of fused-ring (bicyclic) bond motifs is 3. The number of aromatic nitrogens is 1. The third kappa shape index (κ3) is 4.11. The van der Waals surface area contributed by atoms with Crippen LogP contribution in [0.5, 0.6) is 0 Å². The lowest BCUT2D eigenvalue weighted by Crippen LogP contribution is -2.40. The van der Waals surface area contributed by atoms with Gasteiger partial charge in [-0.3, -0.25) is 19.4 Å². The fourth-order valence-electron chi connectivity index (χ4n) is 4.01. The van der Waals surface area contributed by atoms with Gasteiger partial charge >= 0.3 is 0 Å². The minimum Gasteiger partial charge on any atom is -0.325 e. The van der Waals surface area contributed by atoms with Gasteiger partial charge in [0.25, 0.3) is 0 Å². The maximum atomic E-state index is 13.4. The first-order valence-electron chi connectivity index (χ1n) is 10.5. The Kier molecular flexibility index (Phi) is 5.76. The summed E-state index contributed by atoms with van der Waals surface area (Å²) in [6.45, 7) is 4.84. The van der Waals surface area contributed by atoms with Gasteiger partial charge in [-0.25, -0.2) is 0 Å². The first kappa shape index (κ1) is 21.9. The van der Waals surface area contributed by atoms with Gasteiger partial charge < -0.3 is 10.2 Å². The van der Waals surface area contributed by atoms with E-state index in [0.29, 0.717) is 39.3 Å². The van der Waals surface area contributed by atoms with Crippen molar-refractivity contribution in [2.75, 3.05) is 16.8 Å². The molecule has 1 aromatic heterocycles. The fraction of sp³-hybridized carbons (Fsp3) is 0.192. The molecule has 1 N–H and O–H groups in total. The van der Waals surface area contributed by atoms with Gasteiger partial charge in [0.15, 0.2) is 5.78 Å². The van der Waals surface area contributed by atoms with Crippen LogP contribution in [0.15, 0.2) is 54.7 Å². The molecule has 33 heavy (non-hydrogen) atoms. The van der Waals surface area contributed by atoms with Gasteiger partial charge in [-0.05, 0) is 68.8 Å². The van der Waals surface area contributed by atoms with E-state index in [2.05, 4.69) is 16.4 Å². The smallest absolute Gasteiger partial charge is 0.244 e. The van der Waals surface area contributed by atoms with Gasteiger partial charge in [-0.1, -0.05) is 6.07 Å². The highest BCUT2D eigenvalue weighted by Gasteiger charge is 2.34. The van der Waals surface area contributed by atoms with Crippen LogP contribution in [-0.2, 0) is 9.59 Å². The standard InChI is InChI=1S/C26H22N4O3/c1-15-11-23-22(12-19(15)13-27)21-5-4-10-28-25(21)16(2)26(33)30(23)14-24(32)29-20-8-6-18(7-9-20)17(3)31/h4-12,16H,14H2,1-3H3,(H,29,32)/t16-/m1/s1. The van der Waals surface area contributed by atoms with E-state index in [1.165, 1.54) is 11.8 Å². The van der Waals surface area contributed by atoms with Crippen molar-refractivity contribution in [3.63, 3.8) is 0 Å². The first-order valence-corrected chi connectivity index (χ1v) is 10.5. The Labute approximate surface area is 191 Å². The highest BCUT2D eigenvalue weighted by Crippen LogP contribution is 2.41. The largest absolute Gasteiger partial charge is 0.325 e. The number of rotatable bonds is 4. The topological polar surface area (TPSA) is 103 Å². The van der Waals surface area contributed by atoms with Gasteiger partial charge in [0.05, 0.1) is 28.9 Å². The summed E-state index contributed by atoms with van der Waals surface area (Å²) < 4.78 is 0. The number of pyridine rings is 1. The summed E-state index contributed by atoms with van der Waals surface area (Å²) in [5.74, 6) is -1.26. The number of hydrogen-bond donors (Lipinski definition) is 1. The highest BCUT2D eigenvalue weighted by atomic mass is 16.2. The minimum atomic E-state index is -0.568. The van der Waals surface area contributed by atoms with E-state index < -0.39 is 5.92 Å². The summed E-state index contributed by atoms with van der Waals surface area (Å²) in [6, 6.07) is 16.0. The number of carbonyl (C=O) groups is 3. The number of nitriles is 1. The van der Waals surface area contributed by atoms with Crippen LogP contribution in [0.25, 0.3) is 11.1 Å². The lowest BCUT2D eigenvalue weighted by atomic mass is 9.95. The first-order chi connectivity index (χ1) is 15.8. The number of nitrogens with one attached hydrogen (secondary N) is 1. The fourth-order valence-corrected chi connectivity index (χ4v) is 4.01. The molecule has 0 saturated heterocycles. The SMILES string of the molecule is CC(=O)c1ccc(NC(=O)CN2C(=O)[C@H](C)c3ncccc3-c3cc(C#N)c(C)cc32)cc1. The van der Waals surface area contributed by atoms with Crippen molar-refractivity contribution < 1.29 is 14.4 Å². The van der Waals surface area contributed by atoms with Crippen LogP contribution in [0.3, 0.4) is 0 Å². The number of ketones is 1. The monoisotopic (exact) mass is 438 g/mol. The van der Waals surface area contributed by atoms with Crippen LogP contribution in [0.1, 0.15) is 46.9 Å². The number of anilines is 2. The minimum absolute atomic E-state index is 0.0612. The van der Waals surface area contributed by atoms with Gasteiger partial charge in [-0.15, -0.1) is 0 Å². The van der Waals surface area contributed by atoms with Gasteiger partial charge in [0, 0.05) is 28.6 Å². The number of amides is 2. The number of carbonyl (C=O) groups excluding carboxylic acids is 3. The van der Waals surface area contributed by atoms with Gasteiger partial charge in [-0.2, -0.15) is 5.26 Å². The summed E-state index contributed by atoms with van der Waals surface area (Å²) in [5.41, 5.74) is 4.93. The molecule has 4 rings (SSSR count). The summed E-state index contributed by atoms with van der Waals surface area (Å²) in [7, 11) is 0. The second-order valence-corrected chi connectivity index (χ2v) is 8.06. The number of aryl methyl sites for hydroxylation is 1. The average molecular weight is 438 g/mol. The molecule has 0 spiro atoms. The Morgan fingerprint density at radius 3 is 2.55 bits per heavy atom. The summed E-state index contributed by atoms with van der Waals surface area (Å²) in [5, 5.41) is 12.3. The Morgan fingerprint density at radius 1 is 1.15 bits per heavy atom. The number of hydrogen-bond acceptors (Lipinski definition) is 5. The van der Waals surface area contributed by atoms with Crippen molar-refractivity contribution in [1.29, 1.82) is 5.26 Å². The molecule has 1 aliphatic rings. The summed E-state index contributed by atoms with van der Waals surface area (Å²) in [4.78, 5) is 43.7. The maximum absolute atomic E-state index is 13.4. The second kappa shape index (κ2) is 8.67. The molecule has 2 aromatic carbocycles. The number of Topliss-reactive ketones (excluding diaryl/α,β-unsaturated/α-hetero) is 1. The average Bonchev–Trinajstić information content (AvgIpc) is 2.88. The van der Waals surface area contributed by atoms with Gasteiger partial charge in [0.1, 0.15) is 6.54 Å². The molecule has 1 aliphatic heterocycles. The zero-order valence-electron chi connectivity index (χ0n) is 18.5. The van der Waals surface area contributed by atoms with Crippen molar-refractivity contribution in [3.05, 3.63) is 77.1 Å². The normalized spacial score (nSPS) is 14.5. The van der Waals surface area contributed by atoms with Crippen molar-refractivity contribution >= 4 is 29.0 Å². The Hall–Kier alpha value is -4.31. The van der Waals surface area contributed by atoms with E-state index in [1.807, 2.05) is 6.07 Å². The molecule has 7 heteroatoms. The maximum Gasteiger partial charge on any atom is 0.244 e. The molecule has 7 nitrogen and oxygen atoms in total. The predicted molar refractivity (Wildman–Crippen MR) is 125 cm³/mol. The quantitative estimate of drug-likeness (QED) is 0.615. The molecule has 164 valence electrons. The van der Waals surface area contributed by atoms with Crippen LogP contribution in [-0.4, -0.2) is 29.1 Å². The molecule has 0 fully saturated rings. The van der Waals surface area contributed by atoms with Crippen molar-refractivity contribution in [2.45, 2.75) is 26.7 Å². The molecule has 2 heterocycles. The second-order valence-electron chi connectivity index (χ2n) is 8.06. The van der Waals surface area contributed by atoms with Crippen LogP contribution in [0, 0.1) is 18.3 Å². The Morgan fingerprint density at radius 2 is 1.88 bits per heavy atom. The zero-order valence-corrected chi connectivity index (χ0v) is 18.5. The van der Waals surface area contributed by atoms with Crippen molar-refractivity contribution in [2.24, 2.45) is 0 Å². The summed E-state index contributed by atoms with van der Waals surface area (Å²) >= 11 is 0. The van der Waals surface area contributed by atoms with Crippen LogP contribution < -0.4 is 10.2 Å².